The van der Waals surface area contributed by atoms with Crippen molar-refractivity contribution < 1.29 is 9.59 Å². The molecule has 0 aromatic carbocycles. The molecule has 3 nitrogen and oxygen atoms in total. The van der Waals surface area contributed by atoms with Crippen LogP contribution in [0.3, 0.4) is 0 Å². The highest BCUT2D eigenvalue weighted by molar-refractivity contribution is 6.00. The first-order chi connectivity index (χ1) is 6.61. The van der Waals surface area contributed by atoms with Crippen molar-refractivity contribution in [2.45, 2.75) is 20.3 Å². The number of rotatable bonds is 2. The van der Waals surface area contributed by atoms with Gasteiger partial charge in [-0.05, 0) is 18.6 Å². The molecule has 0 saturated carbocycles. The lowest BCUT2D eigenvalue weighted by molar-refractivity contribution is -0.139. The minimum absolute atomic E-state index is 0.180. The molecule has 0 aromatic rings. The van der Waals surface area contributed by atoms with E-state index in [-0.39, 0.29) is 18.2 Å². The predicted molar refractivity (Wildman–Crippen MR) is 54.2 cm³/mol. The molecule has 0 unspecified atom stereocenters. The number of hydrogen-bond acceptors (Lipinski definition) is 2. The minimum Gasteiger partial charge on any atom is -0.274 e. The van der Waals surface area contributed by atoms with E-state index in [1.165, 1.54) is 11.8 Å². The Balaban J connectivity index is 3.14. The molecule has 2 amide bonds. The molecule has 1 heterocycles. The highest BCUT2D eigenvalue weighted by Crippen LogP contribution is 2.25. The second-order valence-electron chi connectivity index (χ2n) is 3.04. The van der Waals surface area contributed by atoms with Crippen molar-refractivity contribution in [1.29, 1.82) is 0 Å². The van der Waals surface area contributed by atoms with Crippen LogP contribution in [-0.2, 0) is 9.59 Å². The summed E-state index contributed by atoms with van der Waals surface area (Å²) in [5, 5.41) is 0. The average molecular weight is 191 g/mol. The molecule has 1 rings (SSSR count). The molecule has 3 heteroatoms. The molecular weight excluding hydrogens is 178 g/mol. The first-order valence-electron chi connectivity index (χ1n) is 4.43. The van der Waals surface area contributed by atoms with Crippen molar-refractivity contribution in [2.24, 2.45) is 0 Å². The van der Waals surface area contributed by atoms with Crippen LogP contribution in [0.1, 0.15) is 20.3 Å². The van der Waals surface area contributed by atoms with Gasteiger partial charge in [0.25, 0.3) is 0 Å². The van der Waals surface area contributed by atoms with Gasteiger partial charge in [0, 0.05) is 6.92 Å². The zero-order valence-corrected chi connectivity index (χ0v) is 8.41. The van der Waals surface area contributed by atoms with Gasteiger partial charge in [-0.15, -0.1) is 0 Å². The van der Waals surface area contributed by atoms with Crippen LogP contribution < -0.4 is 0 Å². The lowest BCUT2D eigenvalue weighted by atomic mass is 10.2. The average Bonchev–Trinajstić information content (AvgIpc) is 2.42. The molecular formula is C11H13NO2. The Hall–Kier alpha value is -1.64. The van der Waals surface area contributed by atoms with Crippen LogP contribution in [0.25, 0.3) is 0 Å². The molecule has 0 fully saturated rings. The van der Waals surface area contributed by atoms with Gasteiger partial charge >= 0.3 is 0 Å². The first kappa shape index (κ1) is 10.4. The van der Waals surface area contributed by atoms with Crippen LogP contribution in [0.2, 0.25) is 0 Å². The molecule has 0 aromatic heterocycles. The molecule has 1 aliphatic rings. The van der Waals surface area contributed by atoms with E-state index in [9.17, 15) is 9.59 Å². The number of carbonyl (C=O) groups is 2. The molecule has 1 aliphatic heterocycles. The third kappa shape index (κ3) is 1.66. The van der Waals surface area contributed by atoms with E-state index >= 15 is 0 Å². The Labute approximate surface area is 83.4 Å². The van der Waals surface area contributed by atoms with Gasteiger partial charge in [0.05, 0.1) is 12.1 Å². The maximum Gasteiger partial charge on any atom is 0.238 e. The molecule has 0 spiro atoms. The monoisotopic (exact) mass is 191 g/mol. The lowest BCUT2D eigenvalue weighted by Gasteiger charge is -2.12. The zero-order valence-electron chi connectivity index (χ0n) is 8.41. The van der Waals surface area contributed by atoms with Gasteiger partial charge in [0.15, 0.2) is 0 Å². The van der Waals surface area contributed by atoms with E-state index in [0.717, 1.165) is 5.57 Å². The molecule has 0 N–H and O–H groups in total. The molecule has 0 atom stereocenters. The fraction of sp³-hybridized carbons (Fsp3) is 0.273. The Morgan fingerprint density at radius 1 is 1.57 bits per heavy atom. The van der Waals surface area contributed by atoms with E-state index < -0.39 is 0 Å². The number of allylic oxidation sites excluding steroid dienone is 3. The minimum atomic E-state index is -0.260. The quantitative estimate of drug-likeness (QED) is 0.667. The fourth-order valence-corrected chi connectivity index (χ4v) is 1.52. The number of nitrogens with zero attached hydrogens (tertiary/aromatic N) is 1. The third-order valence-corrected chi connectivity index (χ3v) is 2.04. The number of hydrogen-bond donors (Lipinski definition) is 0. The first-order valence-corrected chi connectivity index (χ1v) is 4.43. The highest BCUT2D eigenvalue weighted by atomic mass is 16.2. The molecule has 74 valence electrons. The van der Waals surface area contributed by atoms with Crippen molar-refractivity contribution >= 4 is 11.8 Å². The summed E-state index contributed by atoms with van der Waals surface area (Å²) >= 11 is 0. The van der Waals surface area contributed by atoms with E-state index in [0.29, 0.717) is 5.70 Å². The van der Waals surface area contributed by atoms with Crippen LogP contribution in [0.15, 0.2) is 36.1 Å². The van der Waals surface area contributed by atoms with Crippen molar-refractivity contribution in [3.05, 3.63) is 36.1 Å². The zero-order chi connectivity index (χ0) is 10.7. The standard InChI is InChI=1S/C11H13NO2/c1-4-6-9-7-11(14)12(8(3)13)10(9)5-2/h4-6H,2,7H2,1,3H3/b6-4-. The van der Waals surface area contributed by atoms with Gasteiger partial charge in [-0.1, -0.05) is 18.7 Å². The number of carbonyl (C=O) groups excluding carboxylic acids is 2. The van der Waals surface area contributed by atoms with Crippen LogP contribution in [0, 0.1) is 0 Å². The summed E-state index contributed by atoms with van der Waals surface area (Å²) in [7, 11) is 0. The maximum atomic E-state index is 11.5. The summed E-state index contributed by atoms with van der Waals surface area (Å²) in [5.41, 5.74) is 1.46. The van der Waals surface area contributed by atoms with Crippen molar-refractivity contribution in [2.75, 3.05) is 0 Å². The van der Waals surface area contributed by atoms with Gasteiger partial charge in [0.1, 0.15) is 0 Å². The largest absolute Gasteiger partial charge is 0.274 e. The molecule has 0 aliphatic carbocycles. The van der Waals surface area contributed by atoms with Gasteiger partial charge in [0.2, 0.25) is 11.8 Å². The van der Waals surface area contributed by atoms with Gasteiger partial charge in [-0.2, -0.15) is 0 Å². The number of amides is 2. The molecule has 0 bridgehead atoms. The molecule has 14 heavy (non-hydrogen) atoms. The van der Waals surface area contributed by atoms with E-state index in [4.69, 9.17) is 0 Å². The summed E-state index contributed by atoms with van der Waals surface area (Å²) in [4.78, 5) is 23.8. The lowest BCUT2D eigenvalue weighted by Crippen LogP contribution is -2.29. The summed E-state index contributed by atoms with van der Waals surface area (Å²) in [6.07, 6.45) is 5.50. The highest BCUT2D eigenvalue weighted by Gasteiger charge is 2.29. The van der Waals surface area contributed by atoms with Crippen LogP contribution in [-0.4, -0.2) is 16.7 Å². The van der Waals surface area contributed by atoms with Gasteiger partial charge in [-0.3, -0.25) is 14.5 Å². The summed E-state index contributed by atoms with van der Waals surface area (Å²) in [6, 6.07) is 0. The molecule has 0 radical (unpaired) electrons. The Bertz CT molecular complexity index is 350. The number of imide groups is 1. The topological polar surface area (TPSA) is 37.4 Å². The van der Waals surface area contributed by atoms with Crippen molar-refractivity contribution in [3.63, 3.8) is 0 Å². The fourth-order valence-electron chi connectivity index (χ4n) is 1.52. The Morgan fingerprint density at radius 3 is 2.64 bits per heavy atom. The van der Waals surface area contributed by atoms with E-state index in [1.54, 1.807) is 6.08 Å². The van der Waals surface area contributed by atoms with Crippen molar-refractivity contribution in [1.82, 2.24) is 4.90 Å². The van der Waals surface area contributed by atoms with Crippen LogP contribution in [0.5, 0.6) is 0 Å². The SMILES string of the molecule is C=CC1=C(/C=C\C)CC(=O)N1C(C)=O. The predicted octanol–water partition coefficient (Wildman–Crippen LogP) is 1.78. The third-order valence-electron chi connectivity index (χ3n) is 2.04. The Morgan fingerprint density at radius 2 is 2.21 bits per heavy atom. The second kappa shape index (κ2) is 4.05. The molecule has 0 saturated heterocycles. The normalized spacial score (nSPS) is 17.0. The van der Waals surface area contributed by atoms with Gasteiger partial charge in [-0.25, -0.2) is 0 Å². The smallest absolute Gasteiger partial charge is 0.238 e. The van der Waals surface area contributed by atoms with E-state index in [2.05, 4.69) is 6.58 Å². The Kier molecular flexibility index (Phi) is 3.02. The summed E-state index contributed by atoms with van der Waals surface area (Å²) in [6.45, 7) is 6.85. The second-order valence-corrected chi connectivity index (χ2v) is 3.04. The van der Waals surface area contributed by atoms with E-state index in [1.807, 2.05) is 19.1 Å². The van der Waals surface area contributed by atoms with Crippen molar-refractivity contribution in [3.8, 4) is 0 Å². The summed E-state index contributed by atoms with van der Waals surface area (Å²) < 4.78 is 0. The van der Waals surface area contributed by atoms with Crippen LogP contribution >= 0.6 is 0 Å². The van der Waals surface area contributed by atoms with Gasteiger partial charge < -0.3 is 0 Å². The maximum absolute atomic E-state index is 11.5. The van der Waals surface area contributed by atoms with Crippen LogP contribution in [0.4, 0.5) is 0 Å². The summed E-state index contributed by atoms with van der Waals surface area (Å²) in [5.74, 6) is -0.440.